The molecule has 2 heterocycles. The number of allylic oxidation sites excluding steroid dienone is 3. The average molecular weight is 448 g/mol. The Balaban J connectivity index is 1.83. The van der Waals surface area contributed by atoms with Gasteiger partial charge in [-0.05, 0) is 43.5 Å². The van der Waals surface area contributed by atoms with Crippen molar-refractivity contribution in [1.29, 1.82) is 0 Å². The number of nitrogens with one attached hydrogen (secondary N) is 1. The van der Waals surface area contributed by atoms with E-state index in [0.29, 0.717) is 5.92 Å². The molecule has 4 rings (SSSR count). The molecule has 24 heavy (non-hydrogen) atoms. The normalized spacial score (nSPS) is 27.6. The molecule has 0 bridgehead atoms. The molecular weight excluding hydrogens is 428 g/mol. The maximum absolute atomic E-state index is 4.67. The third-order valence-corrected chi connectivity index (χ3v) is 8.34. The number of piperidine rings is 1. The van der Waals surface area contributed by atoms with Crippen LogP contribution in [-0.2, 0) is 0 Å². The van der Waals surface area contributed by atoms with Crippen LogP contribution in [0.25, 0.3) is 10.9 Å². The quantitative estimate of drug-likeness (QED) is 0.571. The molecule has 1 aliphatic carbocycles. The zero-order chi connectivity index (χ0) is 16.9. The minimum absolute atomic E-state index is 0.115. The monoisotopic (exact) mass is 446 g/mol. The molecule has 2 nitrogen and oxygen atoms in total. The molecule has 2 aromatic rings. The lowest BCUT2D eigenvalue weighted by Crippen LogP contribution is -2.62. The van der Waals surface area contributed by atoms with Crippen molar-refractivity contribution in [1.82, 2.24) is 10.3 Å². The van der Waals surface area contributed by atoms with Gasteiger partial charge in [0, 0.05) is 23.0 Å². The number of nitrogens with zero attached hydrogens (tertiary/aromatic N) is 1. The Kier molecular flexibility index (Phi) is 3.98. The predicted octanol–water partition coefficient (Wildman–Crippen LogP) is 5.65. The third kappa shape index (κ3) is 2.51. The van der Waals surface area contributed by atoms with Crippen LogP contribution >= 0.6 is 31.9 Å². The summed E-state index contributed by atoms with van der Waals surface area (Å²) in [6.45, 7) is 4.49. The lowest BCUT2D eigenvalue weighted by Gasteiger charge is -2.53. The number of benzene rings is 1. The van der Waals surface area contributed by atoms with Gasteiger partial charge in [-0.1, -0.05) is 68.3 Å². The van der Waals surface area contributed by atoms with Gasteiger partial charge in [-0.2, -0.15) is 0 Å². The minimum Gasteiger partial charge on any atom is -0.299 e. The minimum atomic E-state index is -0.176. The molecule has 1 aromatic carbocycles. The molecule has 1 aromatic heterocycles. The van der Waals surface area contributed by atoms with Crippen molar-refractivity contribution in [2.24, 2.45) is 5.92 Å². The molecule has 0 radical (unpaired) electrons. The fourth-order valence-electron chi connectivity index (χ4n) is 3.80. The van der Waals surface area contributed by atoms with Gasteiger partial charge in [0.05, 0.1) is 11.6 Å². The Labute approximate surface area is 159 Å². The van der Waals surface area contributed by atoms with E-state index in [1.165, 1.54) is 16.5 Å². The molecule has 124 valence electrons. The lowest BCUT2D eigenvalue weighted by molar-refractivity contribution is 0.239. The Morgan fingerprint density at radius 3 is 2.83 bits per heavy atom. The summed E-state index contributed by atoms with van der Waals surface area (Å²) < 4.78 is -0.176. The molecule has 1 aliphatic heterocycles. The maximum Gasteiger partial charge on any atom is 0.105 e. The summed E-state index contributed by atoms with van der Waals surface area (Å²) in [6.07, 6.45) is 9.73. The summed E-state index contributed by atoms with van der Waals surface area (Å²) in [6, 6.07) is 10.7. The van der Waals surface area contributed by atoms with Gasteiger partial charge in [-0.15, -0.1) is 0 Å². The van der Waals surface area contributed by atoms with Crippen LogP contribution in [0.15, 0.2) is 60.3 Å². The number of rotatable bonds is 1. The SMILES string of the molecule is CC1(C)NC(c2cnc3ccccc3c2)C2=CC=CCC2C1(Br)Br. The van der Waals surface area contributed by atoms with E-state index in [1.807, 2.05) is 12.3 Å². The van der Waals surface area contributed by atoms with Crippen LogP contribution < -0.4 is 5.32 Å². The van der Waals surface area contributed by atoms with Gasteiger partial charge in [-0.25, -0.2) is 0 Å². The van der Waals surface area contributed by atoms with Gasteiger partial charge in [0.15, 0.2) is 0 Å². The average Bonchev–Trinajstić information content (AvgIpc) is 2.58. The van der Waals surface area contributed by atoms with Crippen LogP contribution in [-0.4, -0.2) is 13.8 Å². The highest BCUT2D eigenvalue weighted by Crippen LogP contribution is 2.56. The smallest absolute Gasteiger partial charge is 0.105 e. The molecule has 1 saturated heterocycles. The van der Waals surface area contributed by atoms with E-state index in [1.54, 1.807) is 0 Å². The van der Waals surface area contributed by atoms with Gasteiger partial charge in [-0.3, -0.25) is 10.3 Å². The predicted molar refractivity (Wildman–Crippen MR) is 108 cm³/mol. The number of halogens is 2. The van der Waals surface area contributed by atoms with Crippen molar-refractivity contribution in [2.75, 3.05) is 0 Å². The molecule has 2 aliphatic rings. The van der Waals surface area contributed by atoms with Gasteiger partial charge < -0.3 is 0 Å². The van der Waals surface area contributed by atoms with Crippen LogP contribution in [0.2, 0.25) is 0 Å². The molecule has 1 fully saturated rings. The summed E-state index contributed by atoms with van der Waals surface area (Å²) in [5.74, 6) is 0.398. The fourth-order valence-corrected chi connectivity index (χ4v) is 4.93. The summed E-state index contributed by atoms with van der Waals surface area (Å²) >= 11 is 7.92. The largest absolute Gasteiger partial charge is 0.299 e. The Morgan fingerprint density at radius 2 is 2.00 bits per heavy atom. The summed E-state index contributed by atoms with van der Waals surface area (Å²) in [5, 5.41) is 5.01. The molecular formula is C20H20Br2N2. The van der Waals surface area contributed by atoms with Crippen molar-refractivity contribution in [3.63, 3.8) is 0 Å². The van der Waals surface area contributed by atoms with Crippen molar-refractivity contribution in [2.45, 2.75) is 35.1 Å². The first-order valence-electron chi connectivity index (χ1n) is 8.27. The second-order valence-electron chi connectivity index (χ2n) is 7.17. The third-order valence-electron chi connectivity index (χ3n) is 5.25. The van der Waals surface area contributed by atoms with E-state index in [9.17, 15) is 0 Å². The highest BCUT2D eigenvalue weighted by Gasteiger charge is 2.54. The second kappa shape index (κ2) is 5.79. The molecule has 2 unspecified atom stereocenters. The van der Waals surface area contributed by atoms with E-state index in [0.717, 1.165) is 11.9 Å². The van der Waals surface area contributed by atoms with Crippen LogP contribution in [0.1, 0.15) is 31.9 Å². The fraction of sp³-hybridized carbons (Fsp3) is 0.350. The first-order chi connectivity index (χ1) is 11.4. The highest BCUT2D eigenvalue weighted by atomic mass is 79.9. The van der Waals surface area contributed by atoms with Gasteiger partial charge >= 0.3 is 0 Å². The van der Waals surface area contributed by atoms with Gasteiger partial charge in [0.25, 0.3) is 0 Å². The number of alkyl halides is 2. The Bertz CT molecular complexity index is 852. The van der Waals surface area contributed by atoms with E-state index in [-0.39, 0.29) is 14.8 Å². The van der Waals surface area contributed by atoms with E-state index in [4.69, 9.17) is 0 Å². The topological polar surface area (TPSA) is 24.9 Å². The summed E-state index contributed by atoms with van der Waals surface area (Å²) in [4.78, 5) is 4.67. The van der Waals surface area contributed by atoms with Crippen molar-refractivity contribution < 1.29 is 0 Å². The van der Waals surface area contributed by atoms with Crippen LogP contribution in [0, 0.1) is 5.92 Å². The molecule has 1 N–H and O–H groups in total. The molecule has 2 atom stereocenters. The first-order valence-corrected chi connectivity index (χ1v) is 9.85. The van der Waals surface area contributed by atoms with E-state index >= 15 is 0 Å². The van der Waals surface area contributed by atoms with Crippen LogP contribution in [0.3, 0.4) is 0 Å². The van der Waals surface area contributed by atoms with Crippen LogP contribution in [0.5, 0.6) is 0 Å². The molecule has 0 saturated carbocycles. The molecule has 4 heteroatoms. The maximum atomic E-state index is 4.67. The zero-order valence-electron chi connectivity index (χ0n) is 13.8. The van der Waals surface area contributed by atoms with E-state index in [2.05, 4.69) is 98.5 Å². The summed E-state index contributed by atoms with van der Waals surface area (Å²) in [5.41, 5.74) is 3.56. The van der Waals surface area contributed by atoms with Gasteiger partial charge in [0.2, 0.25) is 0 Å². The van der Waals surface area contributed by atoms with Crippen molar-refractivity contribution in [3.8, 4) is 0 Å². The van der Waals surface area contributed by atoms with E-state index < -0.39 is 0 Å². The Morgan fingerprint density at radius 1 is 1.21 bits per heavy atom. The number of fused-ring (bicyclic) bond motifs is 2. The summed E-state index contributed by atoms with van der Waals surface area (Å²) in [7, 11) is 0. The number of para-hydroxylation sites is 1. The van der Waals surface area contributed by atoms with Gasteiger partial charge in [0.1, 0.15) is 3.23 Å². The standard InChI is InChI=1S/C20H20Br2N2/c1-19(2)20(21,22)16-9-5-4-8-15(16)18(24-19)14-11-13-7-3-6-10-17(13)23-12-14/h3-8,10-12,16,18,24H,9H2,1-2H3. The molecule has 0 amide bonds. The van der Waals surface area contributed by atoms with Crippen molar-refractivity contribution in [3.05, 3.63) is 65.9 Å². The lowest BCUT2D eigenvalue weighted by atomic mass is 9.72. The number of hydrogen-bond donors (Lipinski definition) is 1. The highest BCUT2D eigenvalue weighted by molar-refractivity contribution is 9.25. The zero-order valence-corrected chi connectivity index (χ0v) is 16.9. The van der Waals surface area contributed by atoms with Crippen molar-refractivity contribution >= 4 is 42.8 Å². The Hall–Kier alpha value is -0.970. The second-order valence-corrected chi connectivity index (χ2v) is 10.7. The first kappa shape index (κ1) is 16.5. The van der Waals surface area contributed by atoms with Crippen LogP contribution in [0.4, 0.5) is 0 Å². The number of hydrogen-bond acceptors (Lipinski definition) is 2. The number of aromatic nitrogens is 1. The number of pyridine rings is 1. The molecule has 0 spiro atoms.